The van der Waals surface area contributed by atoms with E-state index in [-0.39, 0.29) is 31.9 Å². The van der Waals surface area contributed by atoms with Crippen molar-refractivity contribution < 1.29 is 38.3 Å². The van der Waals surface area contributed by atoms with Gasteiger partial charge in [-0.1, -0.05) is 45.0 Å². The second kappa shape index (κ2) is 21.7. The molecule has 2 atom stereocenters. The fourth-order valence-electron chi connectivity index (χ4n) is 3.93. The van der Waals surface area contributed by atoms with Crippen molar-refractivity contribution >= 4 is 62.3 Å². The topological polar surface area (TPSA) is 206 Å². The van der Waals surface area contributed by atoms with Crippen molar-refractivity contribution in [2.24, 2.45) is 11.7 Å². The molecule has 2 aromatic carbocycles. The van der Waals surface area contributed by atoms with E-state index in [1.807, 2.05) is 16.3 Å². The van der Waals surface area contributed by atoms with Gasteiger partial charge in [0.05, 0.1) is 18.7 Å². The van der Waals surface area contributed by atoms with E-state index in [9.17, 15) is 28.8 Å². The van der Waals surface area contributed by atoms with Crippen molar-refractivity contribution in [3.8, 4) is 0 Å². The third-order valence-corrected chi connectivity index (χ3v) is 6.34. The van der Waals surface area contributed by atoms with Crippen LogP contribution in [0.15, 0.2) is 60.7 Å². The predicted molar refractivity (Wildman–Crippen MR) is 181 cm³/mol. The summed E-state index contributed by atoms with van der Waals surface area (Å²) >= 11 is 0. The highest BCUT2D eigenvalue weighted by atomic mass is 31.0. The second-order valence-corrected chi connectivity index (χ2v) is 10.8. The van der Waals surface area contributed by atoms with Crippen molar-refractivity contribution in [3.05, 3.63) is 71.8 Å². The first-order valence-electron chi connectivity index (χ1n) is 14.7. The van der Waals surface area contributed by atoms with Gasteiger partial charge in [-0.2, -0.15) is 0 Å². The molecule has 15 heteroatoms. The molecule has 0 aliphatic carbocycles. The van der Waals surface area contributed by atoms with Crippen LogP contribution in [0.3, 0.4) is 0 Å². The third kappa shape index (κ3) is 15.3. The molecule has 6 N–H and O–H groups in total. The van der Waals surface area contributed by atoms with Crippen molar-refractivity contribution in [1.29, 1.82) is 0 Å². The van der Waals surface area contributed by atoms with Gasteiger partial charge in [0.1, 0.15) is 12.6 Å². The fraction of sp³-hybridized carbons (Fsp3) is 0.344. The Morgan fingerprint density at radius 3 is 1.96 bits per heavy atom. The first kappa shape index (κ1) is 40.1. The van der Waals surface area contributed by atoms with Crippen molar-refractivity contribution in [2.75, 3.05) is 30.4 Å². The largest absolute Gasteiger partial charge is 0.458 e. The molecule has 0 spiro atoms. The number of imide groups is 1. The maximum atomic E-state index is 12.7. The summed E-state index contributed by atoms with van der Waals surface area (Å²) in [5.41, 5.74) is 5.97. The quantitative estimate of drug-likeness (QED) is 0.119. The van der Waals surface area contributed by atoms with Gasteiger partial charge in [0.15, 0.2) is 0 Å². The number of nitrogens with one attached hydrogen (secondary N) is 4. The smallest absolute Gasteiger partial charge is 0.320 e. The van der Waals surface area contributed by atoms with Crippen LogP contribution in [0.5, 0.6) is 0 Å². The molecule has 6 amide bonds. The van der Waals surface area contributed by atoms with Gasteiger partial charge in [-0.05, 0) is 70.6 Å². The molecular formula is C32H43N6O8P. The van der Waals surface area contributed by atoms with Gasteiger partial charge in [-0.25, -0.2) is 9.69 Å². The summed E-state index contributed by atoms with van der Waals surface area (Å²) in [6.07, 6.45) is 3.84. The number of ether oxygens (including phenoxy) is 1. The highest BCUT2D eigenvalue weighted by Gasteiger charge is 2.26. The Labute approximate surface area is 276 Å². The minimum absolute atomic E-state index is 0.0241. The molecule has 0 radical (unpaired) electrons. The monoisotopic (exact) mass is 670 g/mol. The summed E-state index contributed by atoms with van der Waals surface area (Å²) in [5, 5.41) is 10.9. The highest BCUT2D eigenvalue weighted by molar-refractivity contribution is 7.39. The molecule has 3 rings (SSSR count). The second-order valence-electron chi connectivity index (χ2n) is 10.3. The molecule has 254 valence electrons. The van der Waals surface area contributed by atoms with E-state index in [0.717, 1.165) is 17.0 Å². The molecule has 2 aromatic rings. The molecule has 1 heterocycles. The fourth-order valence-corrected chi connectivity index (χ4v) is 4.02. The summed E-state index contributed by atoms with van der Waals surface area (Å²) in [4.78, 5) is 81.8. The number of benzene rings is 2. The lowest BCUT2D eigenvalue weighted by Gasteiger charge is -2.22. The van der Waals surface area contributed by atoms with Crippen LogP contribution < -0.4 is 31.9 Å². The number of nitrogens with zero attached hydrogens (tertiary/aromatic N) is 1. The molecule has 1 aliphatic heterocycles. The standard InChI is InChI=1S/C27H29N4O7P.C4H11N.CH3NO/c1-16(2)25(26(36)28-14-22(33)29-19-7-3-18(4-8-19)15-38-27(37)39)30-21(32)13-17-5-9-20(10-6-17)31-23(34)11-12-24(31)35;1-3-4-5-2;2-1-3/h3-12,16,25H,13-15,39H2,1-2H3,(H,28,36)(H,29,33)(H,30,32);5H,3-4H2,1-2H3;1H,(H2,2,3). The molecule has 0 bridgehead atoms. The van der Waals surface area contributed by atoms with E-state index < -0.39 is 41.3 Å². The first-order chi connectivity index (χ1) is 22.4. The molecular weight excluding hydrogens is 627 g/mol. The van der Waals surface area contributed by atoms with Gasteiger partial charge in [0, 0.05) is 17.8 Å². The molecule has 0 saturated heterocycles. The predicted octanol–water partition coefficient (Wildman–Crippen LogP) is 1.78. The lowest BCUT2D eigenvalue weighted by molar-refractivity contribution is -0.130. The van der Waals surface area contributed by atoms with E-state index in [4.69, 9.17) is 9.53 Å². The zero-order valence-corrected chi connectivity index (χ0v) is 28.1. The molecule has 47 heavy (non-hydrogen) atoms. The average Bonchev–Trinajstić information content (AvgIpc) is 3.37. The Balaban J connectivity index is 0.00000124. The van der Waals surface area contributed by atoms with Gasteiger partial charge in [-0.3, -0.25) is 28.8 Å². The summed E-state index contributed by atoms with van der Waals surface area (Å²) in [5.74, 6) is -2.47. The van der Waals surface area contributed by atoms with E-state index in [0.29, 0.717) is 16.9 Å². The van der Waals surface area contributed by atoms with Gasteiger partial charge in [0.2, 0.25) is 24.1 Å². The number of hydrogen-bond donors (Lipinski definition) is 5. The summed E-state index contributed by atoms with van der Waals surface area (Å²) in [6, 6.07) is 12.2. The van der Waals surface area contributed by atoms with Crippen LogP contribution in [0.25, 0.3) is 0 Å². The summed E-state index contributed by atoms with van der Waals surface area (Å²) in [6.45, 7) is 6.64. The number of amides is 6. The van der Waals surface area contributed by atoms with Crippen molar-refractivity contribution in [2.45, 2.75) is 46.3 Å². The van der Waals surface area contributed by atoms with Crippen LogP contribution in [0.1, 0.15) is 38.3 Å². The van der Waals surface area contributed by atoms with Crippen LogP contribution in [0, 0.1) is 5.92 Å². The molecule has 2 unspecified atom stereocenters. The Morgan fingerprint density at radius 1 is 0.936 bits per heavy atom. The van der Waals surface area contributed by atoms with Gasteiger partial charge >= 0.3 is 5.71 Å². The summed E-state index contributed by atoms with van der Waals surface area (Å²) in [7, 11) is 3.88. The van der Waals surface area contributed by atoms with E-state index in [1.165, 1.54) is 18.6 Å². The number of carbonyl (C=O) groups excluding carboxylic acids is 7. The number of carbonyl (C=O) groups is 7. The number of hydrogen-bond acceptors (Lipinski definition) is 9. The molecule has 0 saturated carbocycles. The van der Waals surface area contributed by atoms with Gasteiger partial charge < -0.3 is 31.7 Å². The third-order valence-electron chi connectivity index (χ3n) is 6.18. The SMILES string of the molecule is CC(C)C(NC(=O)Cc1ccc(N2C(=O)C=CC2=O)cc1)C(=O)NCC(=O)Nc1ccc(COC(=O)P)cc1.CCCNC.NC=O. The van der Waals surface area contributed by atoms with E-state index >= 15 is 0 Å². The average molecular weight is 671 g/mol. The normalized spacial score (nSPS) is 12.2. The Kier molecular flexibility index (Phi) is 18.5. The zero-order valence-electron chi connectivity index (χ0n) is 26.9. The lowest BCUT2D eigenvalue weighted by atomic mass is 10.0. The van der Waals surface area contributed by atoms with Crippen LogP contribution in [-0.4, -0.2) is 67.8 Å². The number of nitrogens with two attached hydrogens (primary N) is 1. The molecule has 0 fully saturated rings. The molecule has 14 nitrogen and oxygen atoms in total. The molecule has 0 aromatic heterocycles. The van der Waals surface area contributed by atoms with Crippen LogP contribution in [0.2, 0.25) is 0 Å². The van der Waals surface area contributed by atoms with Gasteiger partial charge in [0.25, 0.3) is 11.8 Å². The Morgan fingerprint density at radius 2 is 1.49 bits per heavy atom. The zero-order chi connectivity index (χ0) is 35.4. The number of rotatable bonds is 13. The maximum absolute atomic E-state index is 12.7. The van der Waals surface area contributed by atoms with Crippen molar-refractivity contribution in [3.63, 3.8) is 0 Å². The Hall–Kier alpha value is -4.94. The minimum Gasteiger partial charge on any atom is -0.458 e. The number of primary amides is 1. The van der Waals surface area contributed by atoms with Gasteiger partial charge in [-0.15, -0.1) is 0 Å². The molecule has 1 aliphatic rings. The van der Waals surface area contributed by atoms with Crippen LogP contribution >= 0.6 is 9.24 Å². The lowest BCUT2D eigenvalue weighted by Crippen LogP contribution is -2.51. The summed E-state index contributed by atoms with van der Waals surface area (Å²) < 4.78 is 4.88. The van der Waals surface area contributed by atoms with Crippen LogP contribution in [0.4, 0.5) is 16.2 Å². The first-order valence-corrected chi connectivity index (χ1v) is 15.3. The minimum atomic E-state index is -0.866. The Bertz CT molecular complexity index is 1380. The van der Waals surface area contributed by atoms with E-state index in [2.05, 4.69) is 33.9 Å². The maximum Gasteiger partial charge on any atom is 0.320 e. The van der Waals surface area contributed by atoms with Crippen LogP contribution in [-0.2, 0) is 46.5 Å². The number of anilines is 2. The van der Waals surface area contributed by atoms with Crippen molar-refractivity contribution in [1.82, 2.24) is 16.0 Å². The van der Waals surface area contributed by atoms with E-state index in [1.54, 1.807) is 62.4 Å². The highest BCUT2D eigenvalue weighted by Crippen LogP contribution is 2.20.